The maximum atomic E-state index is 12.8. The van der Waals surface area contributed by atoms with Crippen LogP contribution < -0.4 is 5.32 Å². The van der Waals surface area contributed by atoms with Crippen LogP contribution in [0.15, 0.2) is 48.5 Å². The van der Waals surface area contributed by atoms with Crippen LogP contribution >= 0.6 is 0 Å². The first-order chi connectivity index (χ1) is 14.5. The summed E-state index contributed by atoms with van der Waals surface area (Å²) < 4.78 is 2.13. The summed E-state index contributed by atoms with van der Waals surface area (Å²) in [4.78, 5) is 31.9. The van der Waals surface area contributed by atoms with E-state index in [0.717, 1.165) is 35.3 Å². The number of nitrogens with zero attached hydrogens (tertiary/aromatic N) is 3. The van der Waals surface area contributed by atoms with Crippen LogP contribution in [-0.2, 0) is 11.3 Å². The van der Waals surface area contributed by atoms with Gasteiger partial charge in [-0.25, -0.2) is 4.98 Å². The fourth-order valence-corrected chi connectivity index (χ4v) is 4.17. The molecule has 1 aliphatic rings. The van der Waals surface area contributed by atoms with Crippen LogP contribution in [0.5, 0.6) is 0 Å². The van der Waals surface area contributed by atoms with Gasteiger partial charge in [-0.15, -0.1) is 0 Å². The number of fused-ring (bicyclic) bond motifs is 1. The quantitative estimate of drug-likeness (QED) is 0.709. The molecule has 4 rings (SSSR count). The highest BCUT2D eigenvalue weighted by Crippen LogP contribution is 2.19. The van der Waals surface area contributed by atoms with Gasteiger partial charge in [0.15, 0.2) is 0 Å². The summed E-state index contributed by atoms with van der Waals surface area (Å²) in [5, 5.41) is 3.06. The summed E-state index contributed by atoms with van der Waals surface area (Å²) in [6, 6.07) is 15.6. The molecule has 1 unspecified atom stereocenters. The number of aromatic nitrogens is 2. The van der Waals surface area contributed by atoms with Crippen molar-refractivity contribution in [3.05, 3.63) is 65.5 Å². The van der Waals surface area contributed by atoms with Crippen molar-refractivity contribution in [1.29, 1.82) is 0 Å². The second-order valence-electron chi connectivity index (χ2n) is 8.05. The van der Waals surface area contributed by atoms with E-state index in [1.807, 2.05) is 67.3 Å². The molecule has 1 aromatic heterocycles. The van der Waals surface area contributed by atoms with E-state index < -0.39 is 0 Å². The van der Waals surface area contributed by atoms with Crippen molar-refractivity contribution < 1.29 is 9.59 Å². The van der Waals surface area contributed by atoms with E-state index in [0.29, 0.717) is 31.7 Å². The van der Waals surface area contributed by atoms with E-state index in [4.69, 9.17) is 0 Å². The number of piperidine rings is 1. The van der Waals surface area contributed by atoms with Crippen molar-refractivity contribution in [3.63, 3.8) is 0 Å². The highest BCUT2D eigenvalue weighted by Gasteiger charge is 2.28. The normalized spacial score (nSPS) is 16.6. The number of hydrogen-bond acceptors (Lipinski definition) is 3. The first kappa shape index (κ1) is 20.1. The van der Waals surface area contributed by atoms with Crippen LogP contribution in [0.2, 0.25) is 0 Å². The summed E-state index contributed by atoms with van der Waals surface area (Å²) >= 11 is 0. The van der Waals surface area contributed by atoms with Gasteiger partial charge in [0.2, 0.25) is 5.91 Å². The minimum atomic E-state index is -0.159. The van der Waals surface area contributed by atoms with Gasteiger partial charge in [-0.05, 0) is 51.0 Å². The molecule has 0 saturated carbocycles. The van der Waals surface area contributed by atoms with Crippen LogP contribution in [0, 0.1) is 19.8 Å². The molecule has 3 aromatic rings. The van der Waals surface area contributed by atoms with Crippen molar-refractivity contribution in [2.24, 2.45) is 5.92 Å². The van der Waals surface area contributed by atoms with Gasteiger partial charge >= 0.3 is 0 Å². The van der Waals surface area contributed by atoms with Crippen LogP contribution in [0.4, 0.5) is 0 Å². The molecule has 2 aromatic carbocycles. The monoisotopic (exact) mass is 404 g/mol. The van der Waals surface area contributed by atoms with E-state index >= 15 is 0 Å². The van der Waals surface area contributed by atoms with Gasteiger partial charge in [0, 0.05) is 31.7 Å². The highest BCUT2D eigenvalue weighted by molar-refractivity contribution is 5.94. The Morgan fingerprint density at radius 3 is 2.67 bits per heavy atom. The van der Waals surface area contributed by atoms with Crippen molar-refractivity contribution >= 4 is 22.8 Å². The molecule has 2 amide bonds. The van der Waals surface area contributed by atoms with Crippen LogP contribution in [0.3, 0.4) is 0 Å². The van der Waals surface area contributed by atoms with E-state index in [-0.39, 0.29) is 17.7 Å². The number of para-hydroxylation sites is 2. The Morgan fingerprint density at radius 2 is 1.87 bits per heavy atom. The molecule has 0 spiro atoms. The smallest absolute Gasteiger partial charge is 0.253 e. The average molecular weight is 405 g/mol. The van der Waals surface area contributed by atoms with E-state index in [1.54, 1.807) is 0 Å². The zero-order valence-electron chi connectivity index (χ0n) is 17.6. The Morgan fingerprint density at radius 1 is 1.10 bits per heavy atom. The maximum Gasteiger partial charge on any atom is 0.253 e. The minimum Gasteiger partial charge on any atom is -0.354 e. The summed E-state index contributed by atoms with van der Waals surface area (Å²) in [6.45, 7) is 6.39. The Bertz CT molecular complexity index is 1050. The minimum absolute atomic E-state index is 0.00742. The molecule has 1 atom stereocenters. The van der Waals surface area contributed by atoms with Crippen LogP contribution in [0.25, 0.3) is 11.0 Å². The Labute approximate surface area is 176 Å². The number of benzene rings is 2. The Kier molecular flexibility index (Phi) is 5.84. The number of carbonyl (C=O) groups excluding carboxylic acids is 2. The SMILES string of the molecule is Cc1ccc(C(=O)N2CCCC(C(=O)NCCn3c(C)nc4ccccc43)C2)cc1. The zero-order chi connectivity index (χ0) is 21.1. The van der Waals surface area contributed by atoms with E-state index in [9.17, 15) is 9.59 Å². The molecule has 1 N–H and O–H groups in total. The largest absolute Gasteiger partial charge is 0.354 e. The number of aryl methyl sites for hydroxylation is 2. The number of imidazole rings is 1. The third-order valence-electron chi connectivity index (χ3n) is 5.86. The number of carbonyl (C=O) groups is 2. The third kappa shape index (κ3) is 4.22. The summed E-state index contributed by atoms with van der Waals surface area (Å²) in [7, 11) is 0. The molecule has 6 nitrogen and oxygen atoms in total. The van der Waals surface area contributed by atoms with E-state index in [1.165, 1.54) is 0 Å². The van der Waals surface area contributed by atoms with Gasteiger partial charge < -0.3 is 14.8 Å². The molecule has 0 bridgehead atoms. The van der Waals surface area contributed by atoms with Crippen LogP contribution in [-0.4, -0.2) is 45.9 Å². The molecule has 156 valence electrons. The van der Waals surface area contributed by atoms with E-state index in [2.05, 4.69) is 14.9 Å². The predicted molar refractivity (Wildman–Crippen MR) is 117 cm³/mol. The second kappa shape index (κ2) is 8.69. The lowest BCUT2D eigenvalue weighted by atomic mass is 9.96. The summed E-state index contributed by atoms with van der Waals surface area (Å²) in [5.41, 5.74) is 3.86. The maximum absolute atomic E-state index is 12.8. The van der Waals surface area contributed by atoms with Gasteiger partial charge in [-0.2, -0.15) is 0 Å². The lowest BCUT2D eigenvalue weighted by Crippen LogP contribution is -2.45. The predicted octanol–water partition coefficient (Wildman–Crippen LogP) is 3.32. The molecular weight excluding hydrogens is 376 g/mol. The molecule has 0 aliphatic carbocycles. The number of likely N-dealkylation sites (tertiary alicyclic amines) is 1. The van der Waals surface area contributed by atoms with Crippen molar-refractivity contribution in [2.45, 2.75) is 33.2 Å². The van der Waals surface area contributed by atoms with Gasteiger partial charge in [0.25, 0.3) is 5.91 Å². The lowest BCUT2D eigenvalue weighted by Gasteiger charge is -2.32. The fraction of sp³-hybridized carbons (Fsp3) is 0.375. The summed E-state index contributed by atoms with van der Waals surface area (Å²) in [6.07, 6.45) is 1.66. The molecule has 0 radical (unpaired) electrons. The van der Waals surface area contributed by atoms with Gasteiger partial charge in [0.05, 0.1) is 17.0 Å². The molecule has 30 heavy (non-hydrogen) atoms. The molecular formula is C24H28N4O2. The van der Waals surface area contributed by atoms with Gasteiger partial charge in [0.1, 0.15) is 5.82 Å². The first-order valence-corrected chi connectivity index (χ1v) is 10.6. The lowest BCUT2D eigenvalue weighted by molar-refractivity contribution is -0.126. The number of rotatable bonds is 5. The van der Waals surface area contributed by atoms with Crippen molar-refractivity contribution in [3.8, 4) is 0 Å². The Balaban J connectivity index is 1.33. The standard InChI is InChI=1S/C24H28N4O2/c1-17-9-11-19(12-10-17)24(30)27-14-5-6-20(16-27)23(29)25-13-15-28-18(2)26-21-7-3-4-8-22(21)28/h3-4,7-12,20H,5-6,13-16H2,1-2H3,(H,25,29). The number of nitrogens with one attached hydrogen (secondary N) is 1. The average Bonchev–Trinajstić information content (AvgIpc) is 3.09. The van der Waals surface area contributed by atoms with Gasteiger partial charge in [-0.3, -0.25) is 9.59 Å². The van der Waals surface area contributed by atoms with Gasteiger partial charge in [-0.1, -0.05) is 29.8 Å². The number of amides is 2. The fourth-order valence-electron chi connectivity index (χ4n) is 4.17. The van der Waals surface area contributed by atoms with Crippen molar-refractivity contribution in [1.82, 2.24) is 19.8 Å². The van der Waals surface area contributed by atoms with Crippen LogP contribution in [0.1, 0.15) is 34.6 Å². The molecule has 1 aliphatic heterocycles. The molecule has 6 heteroatoms. The molecule has 1 fully saturated rings. The molecule has 2 heterocycles. The van der Waals surface area contributed by atoms with Crippen molar-refractivity contribution in [2.75, 3.05) is 19.6 Å². The second-order valence-corrected chi connectivity index (χ2v) is 8.05. The highest BCUT2D eigenvalue weighted by atomic mass is 16.2. The summed E-state index contributed by atoms with van der Waals surface area (Å²) in [5.74, 6) is 0.818. The third-order valence-corrected chi connectivity index (χ3v) is 5.86. The first-order valence-electron chi connectivity index (χ1n) is 10.6. The topological polar surface area (TPSA) is 67.2 Å². The Hall–Kier alpha value is -3.15. The number of hydrogen-bond donors (Lipinski definition) is 1. The zero-order valence-corrected chi connectivity index (χ0v) is 17.6. The molecule has 1 saturated heterocycles.